The fraction of sp³-hybridized carbons (Fsp3) is 1.00. The molecule has 0 spiro atoms. The van der Waals surface area contributed by atoms with Crippen LogP contribution in [-0.4, -0.2) is 12.3 Å². The number of unbranched alkanes of at least 4 members (excludes halogenated alkanes) is 1. The first kappa shape index (κ1) is 13.1. The molecular weight excluding hydrogens is 183 g/mol. The van der Waals surface area contributed by atoms with Crippen molar-refractivity contribution in [2.24, 2.45) is 0 Å². The Morgan fingerprint density at radius 1 is 1.23 bits per heavy atom. The van der Waals surface area contributed by atoms with Crippen molar-refractivity contribution in [1.82, 2.24) is 0 Å². The third-order valence-electron chi connectivity index (χ3n) is 2.03. The molecule has 0 aliphatic heterocycles. The van der Waals surface area contributed by atoms with Crippen molar-refractivity contribution in [2.45, 2.75) is 59.0 Å². The lowest BCUT2D eigenvalue weighted by Gasteiger charge is -2.05. The van der Waals surface area contributed by atoms with Crippen LogP contribution in [0.1, 0.15) is 52.9 Å². The van der Waals surface area contributed by atoms with Gasteiger partial charge < -0.3 is 0 Å². The summed E-state index contributed by atoms with van der Waals surface area (Å²) in [7, 11) is -1.39. The molecular formula is C10H22O2P+. The van der Waals surface area contributed by atoms with Crippen molar-refractivity contribution < 1.29 is 9.09 Å². The normalized spacial score (nSPS) is 14.2. The number of hydrogen-bond donors (Lipinski definition) is 0. The SMILES string of the molecule is CCCC[P+](=O)OC(CC)CCC. The first-order valence-electron chi connectivity index (χ1n) is 5.35. The van der Waals surface area contributed by atoms with Gasteiger partial charge in [-0.15, -0.1) is 4.52 Å². The summed E-state index contributed by atoms with van der Waals surface area (Å²) in [5, 5.41) is 0. The molecule has 0 aromatic carbocycles. The molecule has 0 aliphatic carbocycles. The van der Waals surface area contributed by atoms with Crippen molar-refractivity contribution in [3.05, 3.63) is 0 Å². The Morgan fingerprint density at radius 2 is 1.92 bits per heavy atom. The Kier molecular flexibility index (Phi) is 8.69. The summed E-state index contributed by atoms with van der Waals surface area (Å²) < 4.78 is 16.8. The van der Waals surface area contributed by atoms with Crippen molar-refractivity contribution in [3.8, 4) is 0 Å². The maximum Gasteiger partial charge on any atom is 0.508 e. The van der Waals surface area contributed by atoms with Crippen molar-refractivity contribution in [3.63, 3.8) is 0 Å². The van der Waals surface area contributed by atoms with E-state index in [1.165, 1.54) is 0 Å². The van der Waals surface area contributed by atoms with E-state index in [1.54, 1.807) is 0 Å². The van der Waals surface area contributed by atoms with Crippen LogP contribution in [0.25, 0.3) is 0 Å². The standard InChI is InChI=1S/C10H22O2P/c1-4-7-9-13(11)12-10(6-3)8-5-2/h10H,4-9H2,1-3H3/q+1. The first-order chi connectivity index (χ1) is 6.24. The minimum Gasteiger partial charge on any atom is -0.143 e. The molecule has 78 valence electrons. The van der Waals surface area contributed by atoms with Gasteiger partial charge in [-0.25, -0.2) is 0 Å². The van der Waals surface area contributed by atoms with Crippen LogP contribution in [0.15, 0.2) is 0 Å². The minimum atomic E-state index is -1.39. The first-order valence-corrected chi connectivity index (χ1v) is 6.72. The highest BCUT2D eigenvalue weighted by molar-refractivity contribution is 7.39. The molecule has 0 bridgehead atoms. The molecule has 0 saturated heterocycles. The predicted octanol–water partition coefficient (Wildman–Crippen LogP) is 4.12. The zero-order valence-corrected chi connectivity index (χ0v) is 9.98. The van der Waals surface area contributed by atoms with E-state index < -0.39 is 8.03 Å². The van der Waals surface area contributed by atoms with E-state index in [0.29, 0.717) is 0 Å². The van der Waals surface area contributed by atoms with Gasteiger partial charge in [-0.2, -0.15) is 0 Å². The van der Waals surface area contributed by atoms with E-state index in [-0.39, 0.29) is 6.10 Å². The molecule has 2 nitrogen and oxygen atoms in total. The van der Waals surface area contributed by atoms with Crippen LogP contribution in [0.5, 0.6) is 0 Å². The van der Waals surface area contributed by atoms with Gasteiger partial charge in [0.15, 0.2) is 6.16 Å². The Labute approximate surface area is 82.9 Å². The fourth-order valence-electron chi connectivity index (χ4n) is 1.16. The average molecular weight is 205 g/mol. The quantitative estimate of drug-likeness (QED) is 0.557. The van der Waals surface area contributed by atoms with Gasteiger partial charge in [0.1, 0.15) is 6.10 Å². The van der Waals surface area contributed by atoms with Gasteiger partial charge in [0.25, 0.3) is 0 Å². The van der Waals surface area contributed by atoms with E-state index >= 15 is 0 Å². The third-order valence-corrected chi connectivity index (χ3v) is 3.24. The van der Waals surface area contributed by atoms with Gasteiger partial charge in [0.05, 0.1) is 0 Å². The lowest BCUT2D eigenvalue weighted by molar-refractivity contribution is 0.198. The Morgan fingerprint density at radius 3 is 2.38 bits per heavy atom. The highest BCUT2D eigenvalue weighted by Crippen LogP contribution is 2.28. The largest absolute Gasteiger partial charge is 0.508 e. The number of rotatable bonds is 8. The van der Waals surface area contributed by atoms with E-state index in [9.17, 15) is 4.57 Å². The summed E-state index contributed by atoms with van der Waals surface area (Å²) >= 11 is 0. The van der Waals surface area contributed by atoms with Gasteiger partial charge in [0.2, 0.25) is 0 Å². The highest BCUT2D eigenvalue weighted by atomic mass is 31.1. The zero-order valence-electron chi connectivity index (χ0n) is 9.08. The lowest BCUT2D eigenvalue weighted by Crippen LogP contribution is -2.07. The van der Waals surface area contributed by atoms with Crippen LogP contribution in [0.4, 0.5) is 0 Å². The molecule has 13 heavy (non-hydrogen) atoms. The minimum absolute atomic E-state index is 0.213. The van der Waals surface area contributed by atoms with Gasteiger partial charge in [-0.3, -0.25) is 0 Å². The molecule has 2 atom stereocenters. The van der Waals surface area contributed by atoms with Crippen LogP contribution in [-0.2, 0) is 9.09 Å². The maximum absolute atomic E-state index is 11.4. The second-order valence-corrected chi connectivity index (χ2v) is 4.66. The molecule has 0 rings (SSSR count). The second-order valence-electron chi connectivity index (χ2n) is 3.33. The molecule has 0 saturated carbocycles. The van der Waals surface area contributed by atoms with E-state index in [2.05, 4.69) is 20.8 Å². The van der Waals surface area contributed by atoms with Crippen LogP contribution in [0, 0.1) is 0 Å². The summed E-state index contributed by atoms with van der Waals surface area (Å²) in [4.78, 5) is 0. The zero-order chi connectivity index (χ0) is 10.1. The summed E-state index contributed by atoms with van der Waals surface area (Å²) in [6.07, 6.45) is 6.16. The van der Waals surface area contributed by atoms with Crippen LogP contribution >= 0.6 is 8.03 Å². The molecule has 0 aliphatic rings. The van der Waals surface area contributed by atoms with Crippen LogP contribution < -0.4 is 0 Å². The van der Waals surface area contributed by atoms with Crippen molar-refractivity contribution in [2.75, 3.05) is 6.16 Å². The maximum atomic E-state index is 11.4. The molecule has 0 aromatic heterocycles. The fourth-order valence-corrected chi connectivity index (χ4v) is 2.43. The topological polar surface area (TPSA) is 26.3 Å². The van der Waals surface area contributed by atoms with Gasteiger partial charge in [0, 0.05) is 0 Å². The molecule has 0 radical (unpaired) electrons. The molecule has 0 heterocycles. The molecule has 2 unspecified atom stereocenters. The summed E-state index contributed by atoms with van der Waals surface area (Å²) in [6.45, 7) is 6.32. The van der Waals surface area contributed by atoms with Crippen molar-refractivity contribution in [1.29, 1.82) is 0 Å². The summed E-state index contributed by atoms with van der Waals surface area (Å²) in [6, 6.07) is 0. The average Bonchev–Trinajstić information content (AvgIpc) is 2.14. The molecule has 0 amide bonds. The van der Waals surface area contributed by atoms with Crippen molar-refractivity contribution >= 4 is 8.03 Å². The Hall–Kier alpha value is 0.0600. The van der Waals surface area contributed by atoms with Crippen LogP contribution in [0.3, 0.4) is 0 Å². The van der Waals surface area contributed by atoms with Gasteiger partial charge in [-0.1, -0.05) is 33.6 Å². The van der Waals surface area contributed by atoms with E-state index in [0.717, 1.165) is 38.3 Å². The van der Waals surface area contributed by atoms with E-state index in [1.807, 2.05) is 0 Å². The Balaban J connectivity index is 3.60. The molecule has 0 fully saturated rings. The molecule has 3 heteroatoms. The van der Waals surface area contributed by atoms with Crippen LogP contribution in [0.2, 0.25) is 0 Å². The lowest BCUT2D eigenvalue weighted by atomic mass is 10.2. The predicted molar refractivity (Wildman–Crippen MR) is 57.5 cm³/mol. The monoisotopic (exact) mass is 205 g/mol. The van der Waals surface area contributed by atoms with Gasteiger partial charge >= 0.3 is 8.03 Å². The molecule has 0 N–H and O–H groups in total. The smallest absolute Gasteiger partial charge is 0.143 e. The highest BCUT2D eigenvalue weighted by Gasteiger charge is 2.21. The van der Waals surface area contributed by atoms with Gasteiger partial charge in [-0.05, 0) is 23.8 Å². The summed E-state index contributed by atoms with van der Waals surface area (Å²) in [5.74, 6) is 0. The third kappa shape index (κ3) is 7.16. The second kappa shape index (κ2) is 8.65. The summed E-state index contributed by atoms with van der Waals surface area (Å²) in [5.41, 5.74) is 0. The molecule has 0 aromatic rings. The number of hydrogen-bond acceptors (Lipinski definition) is 2. The van der Waals surface area contributed by atoms with E-state index in [4.69, 9.17) is 4.52 Å². The Bertz CT molecular complexity index is 137.